The van der Waals surface area contributed by atoms with Crippen molar-refractivity contribution in [2.24, 2.45) is 0 Å². The largest absolute Gasteiger partial charge is 0.494 e. The summed E-state index contributed by atoms with van der Waals surface area (Å²) in [6.45, 7) is 1.86. The zero-order chi connectivity index (χ0) is 17.9. The van der Waals surface area contributed by atoms with Crippen molar-refractivity contribution in [2.45, 2.75) is 25.4 Å². The fraction of sp³-hybridized carbons (Fsp3) is 0.562. The quantitative estimate of drug-likeness (QED) is 0.825. The van der Waals surface area contributed by atoms with E-state index in [-0.39, 0.29) is 41.8 Å². The van der Waals surface area contributed by atoms with Crippen molar-refractivity contribution in [3.63, 3.8) is 0 Å². The number of benzene rings is 1. The molecule has 0 bridgehead atoms. The van der Waals surface area contributed by atoms with E-state index in [2.05, 4.69) is 5.32 Å². The lowest BCUT2D eigenvalue weighted by molar-refractivity contribution is -0.123. The minimum Gasteiger partial charge on any atom is -0.494 e. The molecule has 0 spiro atoms. The van der Waals surface area contributed by atoms with Crippen LogP contribution in [0.15, 0.2) is 18.2 Å². The number of amides is 1. The van der Waals surface area contributed by atoms with Gasteiger partial charge in [0.25, 0.3) is 0 Å². The number of carbonyl (C=O) groups excluding carboxylic acids is 1. The SMILES string of the molecule is COc1ccc([C@H](C)NC(=O)CN(C)[C@@H]2CCS(=O)(=O)C2)cc1F. The molecule has 2 atom stereocenters. The number of carbonyl (C=O) groups is 1. The van der Waals surface area contributed by atoms with E-state index in [0.717, 1.165) is 0 Å². The topological polar surface area (TPSA) is 75.7 Å². The minimum absolute atomic E-state index is 0.0933. The Morgan fingerprint density at radius 1 is 1.50 bits per heavy atom. The van der Waals surface area contributed by atoms with Crippen molar-refractivity contribution in [2.75, 3.05) is 32.2 Å². The third-order valence-corrected chi connectivity index (χ3v) is 6.03. The summed E-state index contributed by atoms with van der Waals surface area (Å²) in [4.78, 5) is 13.9. The highest BCUT2D eigenvalue weighted by Gasteiger charge is 2.31. The molecule has 1 heterocycles. The number of hydrogen-bond donors (Lipinski definition) is 1. The van der Waals surface area contributed by atoms with Crippen molar-refractivity contribution >= 4 is 15.7 Å². The number of halogens is 1. The molecule has 1 aliphatic rings. The highest BCUT2D eigenvalue weighted by molar-refractivity contribution is 7.91. The monoisotopic (exact) mass is 358 g/mol. The van der Waals surface area contributed by atoms with Gasteiger partial charge in [-0.05, 0) is 38.1 Å². The number of hydrogen-bond acceptors (Lipinski definition) is 5. The predicted molar refractivity (Wildman–Crippen MR) is 89.2 cm³/mol. The lowest BCUT2D eigenvalue weighted by Crippen LogP contribution is -2.41. The summed E-state index contributed by atoms with van der Waals surface area (Å²) in [7, 11) is 0.149. The average Bonchev–Trinajstić information content (AvgIpc) is 2.87. The van der Waals surface area contributed by atoms with Crippen LogP contribution in [0, 0.1) is 5.82 Å². The smallest absolute Gasteiger partial charge is 0.234 e. The van der Waals surface area contributed by atoms with Crippen LogP contribution < -0.4 is 10.1 Å². The second-order valence-electron chi connectivity index (χ2n) is 6.16. The van der Waals surface area contributed by atoms with E-state index < -0.39 is 15.7 Å². The van der Waals surface area contributed by atoms with E-state index in [1.54, 1.807) is 24.9 Å². The Morgan fingerprint density at radius 2 is 2.21 bits per heavy atom. The van der Waals surface area contributed by atoms with Gasteiger partial charge in [0.15, 0.2) is 21.4 Å². The predicted octanol–water partition coefficient (Wildman–Crippen LogP) is 1.13. The van der Waals surface area contributed by atoms with Gasteiger partial charge in [-0.25, -0.2) is 12.8 Å². The summed E-state index contributed by atoms with van der Waals surface area (Å²) >= 11 is 0. The Kier molecular flexibility index (Phi) is 5.82. The molecule has 24 heavy (non-hydrogen) atoms. The van der Waals surface area contributed by atoms with E-state index in [4.69, 9.17) is 4.74 Å². The van der Waals surface area contributed by atoms with Gasteiger partial charge >= 0.3 is 0 Å². The Bertz CT molecular complexity index is 708. The van der Waals surface area contributed by atoms with Gasteiger partial charge in [0.1, 0.15) is 0 Å². The molecule has 0 aromatic heterocycles. The zero-order valence-corrected chi connectivity index (χ0v) is 14.9. The lowest BCUT2D eigenvalue weighted by atomic mass is 10.1. The molecule has 1 fully saturated rings. The molecule has 1 aromatic carbocycles. The molecule has 0 unspecified atom stereocenters. The van der Waals surface area contributed by atoms with Crippen molar-refractivity contribution in [3.05, 3.63) is 29.6 Å². The standard InChI is InChI=1S/C16H23FN2O4S/c1-11(12-4-5-15(23-3)14(17)8-12)18-16(20)9-19(2)13-6-7-24(21,22)10-13/h4-5,8,11,13H,6-7,9-10H2,1-3H3,(H,18,20)/t11-,13+/m0/s1. The zero-order valence-electron chi connectivity index (χ0n) is 14.1. The Balaban J connectivity index is 1.91. The summed E-state index contributed by atoms with van der Waals surface area (Å²) in [5, 5.41) is 2.80. The molecule has 6 nitrogen and oxygen atoms in total. The van der Waals surface area contributed by atoms with Gasteiger partial charge in [-0.15, -0.1) is 0 Å². The maximum Gasteiger partial charge on any atom is 0.234 e. The first-order valence-corrected chi connectivity index (χ1v) is 9.57. The van der Waals surface area contributed by atoms with Gasteiger partial charge in [-0.3, -0.25) is 9.69 Å². The fourth-order valence-electron chi connectivity index (χ4n) is 2.80. The summed E-state index contributed by atoms with van der Waals surface area (Å²) < 4.78 is 41.6. The van der Waals surface area contributed by atoms with Crippen LogP contribution in [0.25, 0.3) is 0 Å². The van der Waals surface area contributed by atoms with E-state index in [0.29, 0.717) is 12.0 Å². The molecule has 134 valence electrons. The molecule has 2 rings (SSSR count). The number of likely N-dealkylation sites (N-methyl/N-ethyl adjacent to an activating group) is 1. The Morgan fingerprint density at radius 3 is 2.75 bits per heavy atom. The number of nitrogens with zero attached hydrogens (tertiary/aromatic N) is 1. The Hall–Kier alpha value is -1.67. The van der Waals surface area contributed by atoms with Crippen LogP contribution in [0.2, 0.25) is 0 Å². The summed E-state index contributed by atoms with van der Waals surface area (Å²) in [5.41, 5.74) is 0.632. The van der Waals surface area contributed by atoms with Crippen LogP contribution in [0.1, 0.15) is 24.9 Å². The molecular weight excluding hydrogens is 335 g/mol. The lowest BCUT2D eigenvalue weighted by Gasteiger charge is -2.23. The van der Waals surface area contributed by atoms with Crippen LogP contribution >= 0.6 is 0 Å². The first-order valence-electron chi connectivity index (χ1n) is 7.75. The maximum atomic E-state index is 13.7. The van der Waals surface area contributed by atoms with Gasteiger partial charge in [0.05, 0.1) is 31.2 Å². The summed E-state index contributed by atoms with van der Waals surface area (Å²) in [6, 6.07) is 4.05. The molecule has 0 radical (unpaired) electrons. The molecule has 0 saturated carbocycles. The van der Waals surface area contributed by atoms with Crippen LogP contribution in [0.4, 0.5) is 4.39 Å². The number of methoxy groups -OCH3 is 1. The van der Waals surface area contributed by atoms with E-state index in [1.807, 2.05) is 0 Å². The van der Waals surface area contributed by atoms with Crippen molar-refractivity contribution < 1.29 is 22.3 Å². The molecule has 1 amide bonds. The molecular formula is C16H23FN2O4S. The first-order chi connectivity index (χ1) is 11.2. The van der Waals surface area contributed by atoms with E-state index >= 15 is 0 Å². The minimum atomic E-state index is -2.98. The Labute approximate surface area is 141 Å². The maximum absolute atomic E-state index is 13.7. The number of nitrogens with one attached hydrogen (secondary N) is 1. The third-order valence-electron chi connectivity index (χ3n) is 4.28. The second kappa shape index (κ2) is 7.48. The number of sulfone groups is 1. The third kappa shape index (κ3) is 4.67. The van der Waals surface area contributed by atoms with Gasteiger partial charge in [-0.2, -0.15) is 0 Å². The fourth-order valence-corrected chi connectivity index (χ4v) is 4.61. The normalized spacial score (nSPS) is 20.8. The summed E-state index contributed by atoms with van der Waals surface area (Å²) in [5.74, 6) is -0.296. The highest BCUT2D eigenvalue weighted by Crippen LogP contribution is 2.22. The van der Waals surface area contributed by atoms with Crippen molar-refractivity contribution in [3.8, 4) is 5.75 Å². The van der Waals surface area contributed by atoms with E-state index in [1.165, 1.54) is 19.2 Å². The molecule has 8 heteroatoms. The number of ether oxygens (including phenoxy) is 1. The molecule has 1 aromatic rings. The molecule has 0 aliphatic carbocycles. The van der Waals surface area contributed by atoms with Gasteiger partial charge in [-0.1, -0.05) is 6.07 Å². The second-order valence-corrected chi connectivity index (χ2v) is 8.38. The van der Waals surface area contributed by atoms with Gasteiger partial charge in [0.2, 0.25) is 5.91 Å². The molecule has 1 saturated heterocycles. The van der Waals surface area contributed by atoms with Crippen molar-refractivity contribution in [1.29, 1.82) is 0 Å². The average molecular weight is 358 g/mol. The van der Waals surface area contributed by atoms with Crippen molar-refractivity contribution in [1.82, 2.24) is 10.2 Å². The summed E-state index contributed by atoms with van der Waals surface area (Å²) in [6.07, 6.45) is 0.547. The van der Waals surface area contributed by atoms with Gasteiger partial charge in [0, 0.05) is 6.04 Å². The number of rotatable bonds is 6. The van der Waals surface area contributed by atoms with Crippen LogP contribution in [0.5, 0.6) is 5.75 Å². The first kappa shape index (κ1) is 18.7. The molecule has 1 N–H and O–H groups in total. The van der Waals surface area contributed by atoms with Crippen LogP contribution in [-0.2, 0) is 14.6 Å². The molecule has 1 aliphatic heterocycles. The highest BCUT2D eigenvalue weighted by atomic mass is 32.2. The van der Waals surface area contributed by atoms with Crippen LogP contribution in [0.3, 0.4) is 0 Å². The van der Waals surface area contributed by atoms with Crippen LogP contribution in [-0.4, -0.2) is 57.5 Å². The van der Waals surface area contributed by atoms with E-state index in [9.17, 15) is 17.6 Å². The van der Waals surface area contributed by atoms with Gasteiger partial charge < -0.3 is 10.1 Å².